The highest BCUT2D eigenvalue weighted by Crippen LogP contribution is 2.30. The van der Waals surface area contributed by atoms with Crippen LogP contribution in [0.5, 0.6) is 5.75 Å². The average Bonchev–Trinajstić information content (AvgIpc) is 2.32. The van der Waals surface area contributed by atoms with E-state index in [0.29, 0.717) is 5.39 Å². The van der Waals surface area contributed by atoms with E-state index in [1.807, 2.05) is 0 Å². The first-order valence-electron chi connectivity index (χ1n) is 4.49. The molecule has 0 saturated heterocycles. The summed E-state index contributed by atoms with van der Waals surface area (Å²) >= 11 is 3.35. The minimum atomic E-state index is -0.503. The Morgan fingerprint density at radius 2 is 2.19 bits per heavy atom. The molecule has 1 heterocycles. The average molecular weight is 282 g/mol. The van der Waals surface area contributed by atoms with Gasteiger partial charge >= 0.3 is 5.97 Å². The van der Waals surface area contributed by atoms with Gasteiger partial charge in [-0.05, 0) is 18.2 Å². The van der Waals surface area contributed by atoms with Crippen LogP contribution in [0.3, 0.4) is 0 Å². The number of pyridine rings is 1. The van der Waals surface area contributed by atoms with Crippen molar-refractivity contribution in [1.29, 1.82) is 0 Å². The number of halogens is 1. The van der Waals surface area contributed by atoms with Gasteiger partial charge in [-0.3, -0.25) is 0 Å². The lowest BCUT2D eigenvalue weighted by Gasteiger charge is -2.04. The largest absolute Gasteiger partial charge is 0.507 e. The van der Waals surface area contributed by atoms with Gasteiger partial charge in [-0.15, -0.1) is 0 Å². The van der Waals surface area contributed by atoms with Gasteiger partial charge in [0.1, 0.15) is 11.4 Å². The smallest absolute Gasteiger partial charge is 0.356 e. The van der Waals surface area contributed by atoms with E-state index < -0.39 is 5.97 Å². The van der Waals surface area contributed by atoms with Crippen LogP contribution in [0.15, 0.2) is 28.9 Å². The number of hydrogen-bond donors (Lipinski definition) is 1. The molecular weight excluding hydrogens is 274 g/mol. The summed E-state index contributed by atoms with van der Waals surface area (Å²) in [5, 5.41) is 10.9. The Morgan fingerprint density at radius 1 is 1.44 bits per heavy atom. The fourth-order valence-corrected chi connectivity index (χ4v) is 1.87. The minimum absolute atomic E-state index is 0.127. The van der Waals surface area contributed by atoms with Gasteiger partial charge in [-0.2, -0.15) is 0 Å². The predicted octanol–water partition coefficient (Wildman–Crippen LogP) is 2.49. The van der Waals surface area contributed by atoms with Crippen LogP contribution in [0.4, 0.5) is 0 Å². The number of esters is 1. The number of phenols is 1. The normalized spacial score (nSPS) is 10.4. The summed E-state index contributed by atoms with van der Waals surface area (Å²) in [6.07, 6.45) is 1.45. The minimum Gasteiger partial charge on any atom is -0.507 e. The van der Waals surface area contributed by atoms with Gasteiger partial charge in [0, 0.05) is 21.4 Å². The SMILES string of the molecule is COC(=O)c1cc2c(Br)ccc(O)c2cn1. The second-order valence-corrected chi connectivity index (χ2v) is 4.03. The summed E-state index contributed by atoms with van der Waals surface area (Å²) in [6.45, 7) is 0. The lowest BCUT2D eigenvalue weighted by molar-refractivity contribution is 0.0594. The summed E-state index contributed by atoms with van der Waals surface area (Å²) < 4.78 is 5.36. The van der Waals surface area contributed by atoms with Crippen molar-refractivity contribution < 1.29 is 14.6 Å². The molecule has 82 valence electrons. The van der Waals surface area contributed by atoms with E-state index in [4.69, 9.17) is 0 Å². The highest BCUT2D eigenvalue weighted by atomic mass is 79.9. The number of carbonyl (C=O) groups is 1. The molecule has 0 unspecified atom stereocenters. The maximum atomic E-state index is 11.3. The zero-order chi connectivity index (χ0) is 11.7. The molecule has 0 aliphatic heterocycles. The molecule has 0 fully saturated rings. The van der Waals surface area contributed by atoms with Crippen molar-refractivity contribution in [2.24, 2.45) is 0 Å². The molecule has 16 heavy (non-hydrogen) atoms. The highest BCUT2D eigenvalue weighted by Gasteiger charge is 2.10. The van der Waals surface area contributed by atoms with Crippen molar-refractivity contribution in [3.05, 3.63) is 34.6 Å². The van der Waals surface area contributed by atoms with Crippen LogP contribution >= 0.6 is 15.9 Å². The predicted molar refractivity (Wildman–Crippen MR) is 62.4 cm³/mol. The van der Waals surface area contributed by atoms with Gasteiger partial charge in [0.15, 0.2) is 0 Å². The zero-order valence-electron chi connectivity index (χ0n) is 8.40. The number of aromatic nitrogens is 1. The molecule has 0 atom stereocenters. The summed E-state index contributed by atoms with van der Waals surface area (Å²) in [5.41, 5.74) is 0.210. The summed E-state index contributed by atoms with van der Waals surface area (Å²) in [4.78, 5) is 15.2. The Kier molecular flexibility index (Phi) is 2.78. The molecule has 1 aromatic carbocycles. The molecule has 0 radical (unpaired) electrons. The summed E-state index contributed by atoms with van der Waals surface area (Å²) in [6, 6.07) is 4.84. The quantitative estimate of drug-likeness (QED) is 0.816. The van der Waals surface area contributed by atoms with Gasteiger partial charge in [-0.1, -0.05) is 15.9 Å². The van der Waals surface area contributed by atoms with Crippen LogP contribution < -0.4 is 0 Å². The molecule has 0 saturated carbocycles. The lowest BCUT2D eigenvalue weighted by atomic mass is 10.1. The molecule has 5 heteroatoms. The number of benzene rings is 1. The molecule has 0 bridgehead atoms. The molecule has 1 N–H and O–H groups in total. The second kappa shape index (κ2) is 4.09. The van der Waals surface area contributed by atoms with Crippen LogP contribution in [-0.4, -0.2) is 23.2 Å². The van der Waals surface area contributed by atoms with Crippen molar-refractivity contribution in [1.82, 2.24) is 4.98 Å². The van der Waals surface area contributed by atoms with Crippen molar-refractivity contribution in [2.75, 3.05) is 7.11 Å². The number of nitrogens with zero attached hydrogens (tertiary/aromatic N) is 1. The van der Waals surface area contributed by atoms with E-state index in [1.165, 1.54) is 13.3 Å². The number of phenolic OH excluding ortho intramolecular Hbond substituents is 1. The molecule has 4 nitrogen and oxygen atoms in total. The van der Waals surface area contributed by atoms with E-state index in [9.17, 15) is 9.90 Å². The number of rotatable bonds is 1. The van der Waals surface area contributed by atoms with Gasteiger partial charge in [0.05, 0.1) is 7.11 Å². The third-order valence-electron chi connectivity index (χ3n) is 2.22. The fourth-order valence-electron chi connectivity index (χ4n) is 1.40. The Hall–Kier alpha value is -1.62. The number of hydrogen-bond acceptors (Lipinski definition) is 4. The van der Waals surface area contributed by atoms with E-state index in [1.54, 1.807) is 18.2 Å². The van der Waals surface area contributed by atoms with E-state index >= 15 is 0 Å². The Morgan fingerprint density at radius 3 is 2.88 bits per heavy atom. The van der Waals surface area contributed by atoms with Crippen molar-refractivity contribution in [3.8, 4) is 5.75 Å². The fraction of sp³-hybridized carbons (Fsp3) is 0.0909. The first-order chi connectivity index (χ1) is 7.63. The van der Waals surface area contributed by atoms with E-state index in [0.717, 1.165) is 9.86 Å². The molecule has 1 aromatic heterocycles. The molecule has 0 aliphatic carbocycles. The Bertz CT molecular complexity index is 568. The summed E-state index contributed by atoms with van der Waals surface area (Å²) in [7, 11) is 1.30. The maximum Gasteiger partial charge on any atom is 0.356 e. The molecule has 2 rings (SSSR count). The van der Waals surface area contributed by atoms with Crippen molar-refractivity contribution in [3.63, 3.8) is 0 Å². The standard InChI is InChI=1S/C11H8BrNO3/c1-16-11(15)9-4-6-7(5-13-9)10(14)3-2-8(6)12/h2-5,14H,1H3. The number of carbonyl (C=O) groups excluding carboxylic acids is 1. The van der Waals surface area contributed by atoms with Gasteiger partial charge in [-0.25, -0.2) is 9.78 Å². The first kappa shape index (κ1) is 10.9. The number of methoxy groups -OCH3 is 1. The van der Waals surface area contributed by atoms with Gasteiger partial charge in [0.2, 0.25) is 0 Å². The highest BCUT2D eigenvalue weighted by molar-refractivity contribution is 9.10. The monoisotopic (exact) mass is 281 g/mol. The van der Waals surface area contributed by atoms with Crippen LogP contribution in [-0.2, 0) is 4.74 Å². The number of aromatic hydroxyl groups is 1. The molecule has 0 aliphatic rings. The molecule has 0 spiro atoms. The zero-order valence-corrected chi connectivity index (χ0v) is 9.98. The molecule has 0 amide bonds. The Balaban J connectivity index is 2.70. The number of ether oxygens (including phenoxy) is 1. The van der Waals surface area contributed by atoms with Crippen molar-refractivity contribution in [2.45, 2.75) is 0 Å². The van der Waals surface area contributed by atoms with Gasteiger partial charge in [0.25, 0.3) is 0 Å². The maximum absolute atomic E-state index is 11.3. The second-order valence-electron chi connectivity index (χ2n) is 3.17. The Labute approximate surface area is 100.0 Å². The third kappa shape index (κ3) is 1.74. The van der Waals surface area contributed by atoms with Gasteiger partial charge < -0.3 is 9.84 Å². The van der Waals surface area contributed by atoms with E-state index in [-0.39, 0.29) is 11.4 Å². The third-order valence-corrected chi connectivity index (χ3v) is 2.91. The lowest BCUT2D eigenvalue weighted by Crippen LogP contribution is -2.03. The molecule has 2 aromatic rings. The number of fused-ring (bicyclic) bond motifs is 1. The van der Waals surface area contributed by atoms with Crippen LogP contribution in [0.1, 0.15) is 10.5 Å². The van der Waals surface area contributed by atoms with Crippen molar-refractivity contribution >= 4 is 32.7 Å². The van der Waals surface area contributed by atoms with Crippen LogP contribution in [0, 0.1) is 0 Å². The molecular formula is C11H8BrNO3. The first-order valence-corrected chi connectivity index (χ1v) is 5.28. The van der Waals surface area contributed by atoms with E-state index in [2.05, 4.69) is 25.7 Å². The van der Waals surface area contributed by atoms with Crippen LogP contribution in [0.2, 0.25) is 0 Å². The topological polar surface area (TPSA) is 59.4 Å². The van der Waals surface area contributed by atoms with Crippen LogP contribution in [0.25, 0.3) is 10.8 Å². The summed E-state index contributed by atoms with van der Waals surface area (Å²) in [5.74, 6) is -0.376.